The molecule has 1 unspecified atom stereocenters. The second-order valence-corrected chi connectivity index (χ2v) is 17.9. The lowest BCUT2D eigenvalue weighted by Gasteiger charge is -2.26. The largest absolute Gasteiger partial charge is 0.472 e. The lowest BCUT2D eigenvalue weighted by atomic mass is 10.1. The number of hydrogen-bond acceptors (Lipinski definition) is 11. The number of nitrogens with one attached hydrogen (secondary N) is 1. The number of thioether (sulfide) groups is 1. The van der Waals surface area contributed by atoms with E-state index in [4.69, 9.17) is 18.5 Å². The minimum Gasteiger partial charge on any atom is -0.377 e. The summed E-state index contributed by atoms with van der Waals surface area (Å²) < 4.78 is 36.2. The van der Waals surface area contributed by atoms with Crippen LogP contribution in [-0.2, 0) is 42.3 Å². The first kappa shape index (κ1) is 46.8. The first-order valence-corrected chi connectivity index (χ1v) is 22.0. The highest BCUT2D eigenvalue weighted by Crippen LogP contribution is 2.47. The smallest absolute Gasteiger partial charge is 0.377 e. The molecule has 5 atom stereocenters. The predicted molar refractivity (Wildman–Crippen MR) is 204 cm³/mol. The fourth-order valence-electron chi connectivity index (χ4n) is 6.34. The Morgan fingerprint density at radius 1 is 0.769 bits per heavy atom. The van der Waals surface area contributed by atoms with Gasteiger partial charge in [-0.25, -0.2) is 4.57 Å². The van der Waals surface area contributed by atoms with Crippen LogP contribution < -0.4 is 5.32 Å². The Bertz CT molecular complexity index is 1160. The van der Waals surface area contributed by atoms with Crippen molar-refractivity contribution in [1.82, 2.24) is 15.1 Å². The molecule has 2 N–H and O–H groups in total. The predicted octanol–water partition coefficient (Wildman–Crippen LogP) is 5.56. The number of amides is 2. The number of phosphoric acid groups is 1. The van der Waals surface area contributed by atoms with E-state index >= 15 is 0 Å². The number of carbonyl (C=O) groups excluding carboxylic acids is 4. The van der Waals surface area contributed by atoms with Crippen molar-refractivity contribution in [3.63, 3.8) is 0 Å². The lowest BCUT2D eigenvalue weighted by molar-refractivity contribution is -0.135. The maximum atomic E-state index is 13.3. The molecular formula is C37H68N3O10PS. The summed E-state index contributed by atoms with van der Waals surface area (Å²) in [4.78, 5) is 64.9. The van der Waals surface area contributed by atoms with Crippen molar-refractivity contribution in [3.8, 4) is 0 Å². The van der Waals surface area contributed by atoms with Crippen LogP contribution in [0, 0.1) is 5.92 Å². The van der Waals surface area contributed by atoms with E-state index in [1.165, 1.54) is 0 Å². The van der Waals surface area contributed by atoms with Crippen molar-refractivity contribution in [1.29, 1.82) is 0 Å². The first-order valence-electron chi connectivity index (χ1n) is 19.3. The number of phosphoric ester groups is 1. The van der Waals surface area contributed by atoms with Gasteiger partial charge in [-0.3, -0.25) is 28.2 Å². The molecule has 0 bridgehead atoms. The number of nitrogens with zero attached hydrogens (tertiary/aromatic N) is 2. The average molecular weight is 778 g/mol. The van der Waals surface area contributed by atoms with E-state index in [0.29, 0.717) is 57.5 Å². The molecule has 2 aliphatic heterocycles. The molecule has 0 radical (unpaired) electrons. The third-order valence-electron chi connectivity index (χ3n) is 9.03. The molecule has 15 heteroatoms. The molecule has 0 spiro atoms. The molecule has 0 aromatic rings. The van der Waals surface area contributed by atoms with Gasteiger partial charge in [-0.1, -0.05) is 27.7 Å². The molecule has 13 nitrogen and oxygen atoms in total. The van der Waals surface area contributed by atoms with Gasteiger partial charge in [0.25, 0.3) is 0 Å². The summed E-state index contributed by atoms with van der Waals surface area (Å²) >= 11 is 1.73. The maximum absolute atomic E-state index is 13.3. The van der Waals surface area contributed by atoms with Crippen LogP contribution in [0.4, 0.5) is 0 Å². The van der Waals surface area contributed by atoms with E-state index < -0.39 is 20.0 Å². The van der Waals surface area contributed by atoms with Gasteiger partial charge in [0.15, 0.2) is 0 Å². The molecule has 302 valence electrons. The average Bonchev–Trinajstić information content (AvgIpc) is 3.65. The van der Waals surface area contributed by atoms with Crippen molar-refractivity contribution < 1.29 is 47.2 Å². The second kappa shape index (κ2) is 24.2. The zero-order valence-corrected chi connectivity index (χ0v) is 34.7. The van der Waals surface area contributed by atoms with Crippen molar-refractivity contribution in [2.24, 2.45) is 5.92 Å². The van der Waals surface area contributed by atoms with Crippen LogP contribution in [0.2, 0.25) is 0 Å². The third-order valence-corrected chi connectivity index (χ3v) is 11.2. The number of carbonyl (C=O) groups is 4. The fourth-order valence-corrected chi connectivity index (χ4v) is 8.19. The molecular weight excluding hydrogens is 709 g/mol. The second-order valence-electron chi connectivity index (χ2n) is 15.2. The number of hydrogen-bond donors (Lipinski definition) is 2. The van der Waals surface area contributed by atoms with Crippen LogP contribution in [0.5, 0.6) is 0 Å². The molecule has 2 rings (SSSR count). The summed E-state index contributed by atoms with van der Waals surface area (Å²) in [5.74, 6) is 1.76. The van der Waals surface area contributed by atoms with Gasteiger partial charge in [0, 0.05) is 57.2 Å². The first-order chi connectivity index (χ1) is 24.5. The molecule has 2 heterocycles. The van der Waals surface area contributed by atoms with Crippen LogP contribution in [0.25, 0.3) is 0 Å². The van der Waals surface area contributed by atoms with E-state index in [1.54, 1.807) is 21.6 Å². The molecule has 0 aromatic carbocycles. The highest BCUT2D eigenvalue weighted by atomic mass is 32.2. The molecule has 2 fully saturated rings. The molecule has 52 heavy (non-hydrogen) atoms. The zero-order valence-electron chi connectivity index (χ0n) is 33.0. The minimum absolute atomic E-state index is 0.0282. The van der Waals surface area contributed by atoms with Gasteiger partial charge in [0.2, 0.25) is 11.8 Å². The summed E-state index contributed by atoms with van der Waals surface area (Å²) in [6, 6.07) is -0.478. The molecule has 0 aliphatic carbocycles. The Labute approximate surface area is 317 Å². The fraction of sp³-hybridized carbons (Fsp3) is 0.892. The Morgan fingerprint density at radius 3 is 1.98 bits per heavy atom. The van der Waals surface area contributed by atoms with Crippen LogP contribution in [0.3, 0.4) is 0 Å². The normalized spacial score (nSPS) is 21.9. The van der Waals surface area contributed by atoms with Crippen molar-refractivity contribution >= 4 is 43.0 Å². The third kappa shape index (κ3) is 18.8. The van der Waals surface area contributed by atoms with E-state index in [2.05, 4.69) is 5.32 Å². The highest BCUT2D eigenvalue weighted by Gasteiger charge is 2.42. The van der Waals surface area contributed by atoms with E-state index in [0.717, 1.165) is 24.5 Å². The number of ether oxygens (including phenoxy) is 2. The Kier molecular flexibility index (Phi) is 21.8. The van der Waals surface area contributed by atoms with Crippen molar-refractivity contribution in [2.75, 3.05) is 44.4 Å². The SMILES string of the molecule is CC(C)NCCCC(=O)CCC(=O)N1C[C@H](OC(C)C)C[C@H]1COP(=O)(O)O[C@@H]1C[C@@H](COC(C)C)N(C(=O)CCCSCCCC(=O)C(C)C)C1. The Morgan fingerprint density at radius 2 is 1.37 bits per heavy atom. The zero-order chi connectivity index (χ0) is 38.8. The van der Waals surface area contributed by atoms with Gasteiger partial charge in [0.05, 0.1) is 49.7 Å². The summed E-state index contributed by atoms with van der Waals surface area (Å²) in [6.45, 7) is 16.8. The Hall–Kier alpha value is -1.38. The van der Waals surface area contributed by atoms with Crippen molar-refractivity contribution in [3.05, 3.63) is 0 Å². The van der Waals surface area contributed by atoms with Gasteiger partial charge in [-0.2, -0.15) is 11.8 Å². The summed E-state index contributed by atoms with van der Waals surface area (Å²) in [5, 5.41) is 3.28. The minimum atomic E-state index is -4.57. The van der Waals surface area contributed by atoms with Crippen LogP contribution in [0.1, 0.15) is 120 Å². The van der Waals surface area contributed by atoms with Crippen LogP contribution in [-0.4, -0.2) is 125 Å². The van der Waals surface area contributed by atoms with Gasteiger partial charge in [-0.15, -0.1) is 0 Å². The van der Waals surface area contributed by atoms with E-state index in [-0.39, 0.29) is 86.3 Å². The topological polar surface area (TPSA) is 161 Å². The van der Waals surface area contributed by atoms with Gasteiger partial charge in [0.1, 0.15) is 11.6 Å². The number of ketones is 2. The van der Waals surface area contributed by atoms with Crippen LogP contribution >= 0.6 is 19.6 Å². The lowest BCUT2D eigenvalue weighted by Crippen LogP contribution is -2.39. The summed E-state index contributed by atoms with van der Waals surface area (Å²) in [6.07, 6.45) is 3.38. The quantitative estimate of drug-likeness (QED) is 0.0792. The summed E-state index contributed by atoms with van der Waals surface area (Å²) in [5.41, 5.74) is 0. The number of likely N-dealkylation sites (tertiary alicyclic amines) is 2. The van der Waals surface area contributed by atoms with Gasteiger partial charge >= 0.3 is 7.82 Å². The molecule has 0 aromatic heterocycles. The molecule has 2 aliphatic rings. The number of Topliss-reactive ketones (excluding diaryl/α,β-unsaturated/α-hetero) is 2. The maximum Gasteiger partial charge on any atom is 0.472 e. The van der Waals surface area contributed by atoms with E-state index in [9.17, 15) is 28.6 Å². The van der Waals surface area contributed by atoms with Crippen molar-refractivity contribution in [2.45, 2.75) is 162 Å². The van der Waals surface area contributed by atoms with Crippen LogP contribution in [0.15, 0.2) is 0 Å². The molecule has 2 saturated heterocycles. The molecule has 0 saturated carbocycles. The Balaban J connectivity index is 1.91. The monoisotopic (exact) mass is 777 g/mol. The standard InChI is InChI=1S/C37H68N3O10PS/c1-26(2)35(42)13-10-18-52-19-11-14-36(43)40-23-34(21-30(40)24-47-28(5)6)50-51(45,46)48-25-31-20-33(49-29(7)8)22-39(31)37(44)16-15-32(41)12-9-17-38-27(3)4/h26-31,33-34,38H,9-25H2,1-8H3,(H,45,46)/t30-,31-,33+,34+/m0/s1. The number of rotatable bonds is 27. The van der Waals surface area contributed by atoms with E-state index in [1.807, 2.05) is 55.4 Å². The molecule has 2 amide bonds. The van der Waals surface area contributed by atoms with Gasteiger partial charge < -0.3 is 29.5 Å². The summed E-state index contributed by atoms with van der Waals surface area (Å²) in [7, 11) is -4.57. The highest BCUT2D eigenvalue weighted by molar-refractivity contribution is 7.99. The van der Waals surface area contributed by atoms with Gasteiger partial charge in [-0.05, 0) is 77.8 Å².